The van der Waals surface area contributed by atoms with Crippen molar-refractivity contribution < 1.29 is 24.2 Å². The Kier molecular flexibility index (Phi) is 7.49. The number of carbonyl (C=O) groups is 3. The van der Waals surface area contributed by atoms with Gasteiger partial charge < -0.3 is 20.1 Å². The van der Waals surface area contributed by atoms with Crippen molar-refractivity contribution in [3.8, 4) is 0 Å². The number of esters is 1. The fraction of sp³-hybridized carbons (Fsp3) is 0.560. The van der Waals surface area contributed by atoms with Crippen LogP contribution in [0.3, 0.4) is 0 Å². The number of likely N-dealkylation sites (tertiary alicyclic amines) is 1. The molecule has 1 aliphatic heterocycles. The molecule has 1 aromatic heterocycles. The number of nitrogens with one attached hydrogen (secondary N) is 1. The Labute approximate surface area is 204 Å². The third-order valence-corrected chi connectivity index (χ3v) is 7.06. The van der Waals surface area contributed by atoms with Gasteiger partial charge in [-0.15, -0.1) is 5.10 Å². The van der Waals surface area contributed by atoms with Gasteiger partial charge in [-0.1, -0.05) is 42.8 Å². The average Bonchev–Trinajstić information content (AvgIpc) is 3.41. The number of fused-ring (bicyclic) bond motifs is 2. The van der Waals surface area contributed by atoms with Gasteiger partial charge in [0.1, 0.15) is 18.2 Å². The molecule has 2 aromatic rings. The second-order valence-corrected chi connectivity index (χ2v) is 9.22. The Balaban J connectivity index is 1.64. The van der Waals surface area contributed by atoms with Crippen molar-refractivity contribution in [2.24, 2.45) is 23.7 Å². The van der Waals surface area contributed by atoms with Crippen molar-refractivity contribution in [1.82, 2.24) is 25.2 Å². The molecule has 1 aromatic carbocycles. The van der Waals surface area contributed by atoms with Gasteiger partial charge in [0.15, 0.2) is 0 Å². The summed E-state index contributed by atoms with van der Waals surface area (Å²) in [5.74, 6) is -3.11. The first-order valence-corrected chi connectivity index (χ1v) is 12.3. The van der Waals surface area contributed by atoms with Crippen molar-refractivity contribution in [3.05, 3.63) is 36.4 Å². The molecule has 2 heterocycles. The Hall–Kier alpha value is -3.27. The Morgan fingerprint density at radius 3 is 2.71 bits per heavy atom. The van der Waals surface area contributed by atoms with Crippen LogP contribution in [0.5, 0.6) is 0 Å². The topological polar surface area (TPSA) is 127 Å². The first-order valence-electron chi connectivity index (χ1n) is 12.3. The fourth-order valence-electron chi connectivity index (χ4n) is 5.47. The molecule has 4 rings (SSSR count). The molecule has 0 spiro atoms. The summed E-state index contributed by atoms with van der Waals surface area (Å²) in [4.78, 5) is 41.7. The minimum Gasteiger partial charge on any atom is -0.466 e. The van der Waals surface area contributed by atoms with Crippen LogP contribution < -0.4 is 5.32 Å². The van der Waals surface area contributed by atoms with Crippen LogP contribution in [-0.2, 0) is 25.8 Å². The van der Waals surface area contributed by atoms with Crippen LogP contribution in [0.1, 0.15) is 33.6 Å². The van der Waals surface area contributed by atoms with E-state index in [1.165, 1.54) is 4.90 Å². The number of aliphatic hydroxyl groups is 1. The summed E-state index contributed by atoms with van der Waals surface area (Å²) in [6.07, 6.45) is 5.45. The van der Waals surface area contributed by atoms with Crippen LogP contribution >= 0.6 is 0 Å². The Morgan fingerprint density at radius 2 is 2.00 bits per heavy atom. The van der Waals surface area contributed by atoms with Gasteiger partial charge in [0.25, 0.3) is 0 Å². The molecule has 0 unspecified atom stereocenters. The molecule has 10 nitrogen and oxygen atoms in total. The predicted molar refractivity (Wildman–Crippen MR) is 127 cm³/mol. The molecular formula is C25H33N5O5. The zero-order chi connectivity index (χ0) is 25.1. The van der Waals surface area contributed by atoms with E-state index in [2.05, 4.69) is 15.6 Å². The summed E-state index contributed by atoms with van der Waals surface area (Å²) in [6.45, 7) is 5.47. The molecule has 0 radical (unpaired) electrons. The molecule has 0 bridgehead atoms. The summed E-state index contributed by atoms with van der Waals surface area (Å²) < 4.78 is 6.94. The number of para-hydroxylation sites is 1. The lowest BCUT2D eigenvalue weighted by molar-refractivity contribution is -0.156. The van der Waals surface area contributed by atoms with E-state index < -0.39 is 35.8 Å². The Morgan fingerprint density at radius 1 is 1.23 bits per heavy atom. The first kappa shape index (κ1) is 24.8. The van der Waals surface area contributed by atoms with Crippen molar-refractivity contribution in [2.45, 2.75) is 52.4 Å². The zero-order valence-corrected chi connectivity index (χ0v) is 20.3. The molecule has 10 heteroatoms. The number of rotatable bonds is 9. The number of benzene rings is 1. The normalized spacial score (nSPS) is 26.6. The largest absolute Gasteiger partial charge is 0.466 e. The molecule has 1 aliphatic carbocycles. The third-order valence-electron chi connectivity index (χ3n) is 7.06. The molecule has 0 saturated carbocycles. The minimum atomic E-state index is -0.861. The summed E-state index contributed by atoms with van der Waals surface area (Å²) in [6, 6.07) is 5.97. The number of allylic oxidation sites excluding steroid dienone is 1. The molecule has 2 N–H and O–H groups in total. The molecule has 1 fully saturated rings. The SMILES string of the molecule is CCC[C@@H]1C=C[C@H]2[C@H](C(=O)N([C@H](C)CO)[C@@H]2C(=O)NCn2nnc3ccccc32)[C@@H]1C(=O)OCC. The number of ether oxygens (including phenoxy) is 1. The Bertz CT molecular complexity index is 1110. The van der Waals surface area contributed by atoms with E-state index in [1.807, 2.05) is 43.3 Å². The molecule has 6 atom stereocenters. The predicted octanol–water partition coefficient (Wildman–Crippen LogP) is 1.49. The number of amides is 2. The number of aliphatic hydroxyl groups excluding tert-OH is 1. The van der Waals surface area contributed by atoms with Gasteiger partial charge in [0, 0.05) is 5.92 Å². The number of hydrogen-bond acceptors (Lipinski definition) is 7. The molecule has 188 valence electrons. The van der Waals surface area contributed by atoms with Gasteiger partial charge in [-0.25, -0.2) is 4.68 Å². The maximum Gasteiger partial charge on any atom is 0.310 e. The van der Waals surface area contributed by atoms with Crippen molar-refractivity contribution in [3.63, 3.8) is 0 Å². The maximum atomic E-state index is 13.7. The summed E-state index contributed by atoms with van der Waals surface area (Å²) in [5, 5.41) is 21.0. The highest BCUT2D eigenvalue weighted by atomic mass is 16.5. The lowest BCUT2D eigenvalue weighted by Crippen LogP contribution is -2.51. The van der Waals surface area contributed by atoms with Crippen LogP contribution in [0.4, 0.5) is 0 Å². The molecule has 35 heavy (non-hydrogen) atoms. The third kappa shape index (κ3) is 4.54. The van der Waals surface area contributed by atoms with Crippen LogP contribution in [0, 0.1) is 23.7 Å². The molecule has 2 amide bonds. The van der Waals surface area contributed by atoms with Gasteiger partial charge in [-0.2, -0.15) is 0 Å². The standard InChI is InChI=1S/C25H33N5O5/c1-4-8-16-11-12-17-21(20(16)25(34)35-5-2)24(33)30(15(3)13-31)22(17)23(32)26-14-29-19-10-7-6-9-18(19)27-28-29/h6-7,9-12,15-17,20-22,31H,4-5,8,13-14H2,1-3H3,(H,26,32)/t15-,16-,17+,20-,21+,22+/m1/s1. The summed E-state index contributed by atoms with van der Waals surface area (Å²) in [7, 11) is 0. The van der Waals surface area contributed by atoms with Crippen molar-refractivity contribution >= 4 is 28.8 Å². The van der Waals surface area contributed by atoms with E-state index in [0.29, 0.717) is 5.52 Å². The lowest BCUT2D eigenvalue weighted by Gasteiger charge is -2.34. The number of nitrogens with zero attached hydrogens (tertiary/aromatic N) is 4. The highest BCUT2D eigenvalue weighted by molar-refractivity contribution is 5.96. The van der Waals surface area contributed by atoms with Crippen LogP contribution in [0.2, 0.25) is 0 Å². The van der Waals surface area contributed by atoms with Crippen molar-refractivity contribution in [1.29, 1.82) is 0 Å². The number of carbonyl (C=O) groups excluding carboxylic acids is 3. The van der Waals surface area contributed by atoms with Gasteiger partial charge >= 0.3 is 5.97 Å². The van der Waals surface area contributed by atoms with Crippen LogP contribution in [-0.4, -0.2) is 68.1 Å². The van der Waals surface area contributed by atoms with Crippen molar-refractivity contribution in [2.75, 3.05) is 13.2 Å². The van der Waals surface area contributed by atoms with E-state index in [4.69, 9.17) is 4.74 Å². The van der Waals surface area contributed by atoms with Gasteiger partial charge in [0.2, 0.25) is 11.8 Å². The quantitative estimate of drug-likeness (QED) is 0.409. The smallest absolute Gasteiger partial charge is 0.310 e. The highest BCUT2D eigenvalue weighted by Gasteiger charge is 2.58. The summed E-state index contributed by atoms with van der Waals surface area (Å²) in [5.41, 5.74) is 1.49. The van der Waals surface area contributed by atoms with E-state index >= 15 is 0 Å². The van der Waals surface area contributed by atoms with Gasteiger partial charge in [-0.3, -0.25) is 14.4 Å². The van der Waals surface area contributed by atoms with E-state index in [-0.39, 0.29) is 37.6 Å². The number of hydrogen-bond donors (Lipinski definition) is 2. The summed E-state index contributed by atoms with van der Waals surface area (Å²) >= 11 is 0. The van der Waals surface area contributed by atoms with E-state index in [1.54, 1.807) is 18.5 Å². The van der Waals surface area contributed by atoms with Gasteiger partial charge in [0.05, 0.1) is 36.6 Å². The highest BCUT2D eigenvalue weighted by Crippen LogP contribution is 2.46. The first-order chi connectivity index (χ1) is 16.9. The molecule has 2 aliphatic rings. The second kappa shape index (κ2) is 10.6. The molecular weight excluding hydrogens is 450 g/mol. The van der Waals surface area contributed by atoms with Crippen LogP contribution in [0.25, 0.3) is 11.0 Å². The second-order valence-electron chi connectivity index (χ2n) is 9.22. The molecule has 1 saturated heterocycles. The average molecular weight is 484 g/mol. The zero-order valence-electron chi connectivity index (χ0n) is 20.3. The maximum absolute atomic E-state index is 13.7. The van der Waals surface area contributed by atoms with Crippen LogP contribution in [0.15, 0.2) is 36.4 Å². The monoisotopic (exact) mass is 483 g/mol. The van der Waals surface area contributed by atoms with Gasteiger partial charge in [-0.05, 0) is 38.3 Å². The lowest BCUT2D eigenvalue weighted by atomic mass is 9.69. The van der Waals surface area contributed by atoms with E-state index in [9.17, 15) is 19.5 Å². The fourth-order valence-corrected chi connectivity index (χ4v) is 5.47. The minimum absolute atomic E-state index is 0.0756. The number of aromatic nitrogens is 3. The van der Waals surface area contributed by atoms with E-state index in [0.717, 1.165) is 18.4 Å².